The molecule has 0 amide bonds. The molecule has 0 aliphatic carbocycles. The molecule has 0 unspecified atom stereocenters. The number of aliphatic imine (C=N–C) groups is 1. The van der Waals surface area contributed by atoms with Crippen molar-refractivity contribution in [1.82, 2.24) is 15.6 Å². The number of aromatic nitrogens is 1. The Hall–Kier alpha value is -1.36. The second-order valence-corrected chi connectivity index (χ2v) is 4.45. The molecule has 0 spiro atoms. The number of hydrogen-bond acceptors (Lipinski definition) is 3. The molecule has 0 aliphatic rings. The fourth-order valence-electron chi connectivity index (χ4n) is 1.32. The lowest BCUT2D eigenvalue weighted by molar-refractivity contribution is 0.806. The summed E-state index contributed by atoms with van der Waals surface area (Å²) in [6, 6.07) is 0. The van der Waals surface area contributed by atoms with E-state index in [-0.39, 0.29) is 0 Å². The Bertz CT molecular complexity index is 370. The van der Waals surface area contributed by atoms with Crippen molar-refractivity contribution >= 4 is 17.3 Å². The van der Waals surface area contributed by atoms with Crippen molar-refractivity contribution in [3.05, 3.63) is 28.7 Å². The van der Waals surface area contributed by atoms with Crippen molar-refractivity contribution in [2.45, 2.75) is 19.8 Å². The summed E-state index contributed by atoms with van der Waals surface area (Å²) >= 11 is 1.73. The first-order valence-corrected chi connectivity index (χ1v) is 6.66. The van der Waals surface area contributed by atoms with Gasteiger partial charge in [0.15, 0.2) is 5.96 Å². The van der Waals surface area contributed by atoms with Gasteiger partial charge < -0.3 is 10.6 Å². The Kier molecular flexibility index (Phi) is 6.32. The number of hydrogen-bond donors (Lipinski definition) is 2. The average molecular weight is 252 g/mol. The van der Waals surface area contributed by atoms with Crippen LogP contribution in [0.2, 0.25) is 0 Å². The minimum atomic E-state index is 0.719. The third-order valence-corrected chi connectivity index (χ3v) is 3.25. The molecule has 94 valence electrons. The number of aryl methyl sites for hydroxylation is 1. The van der Waals surface area contributed by atoms with Gasteiger partial charge in [0.2, 0.25) is 0 Å². The summed E-state index contributed by atoms with van der Waals surface area (Å²) in [5, 5.41) is 9.69. The normalized spacial score (nSPS) is 11.3. The van der Waals surface area contributed by atoms with Gasteiger partial charge >= 0.3 is 0 Å². The summed E-state index contributed by atoms with van der Waals surface area (Å²) in [5.41, 5.74) is 1.15. The molecule has 0 atom stereocenters. The number of thiazole rings is 1. The first kappa shape index (κ1) is 13.7. The molecule has 0 radical (unpaired) electrons. The molecule has 1 aromatic heterocycles. The lowest BCUT2D eigenvalue weighted by Crippen LogP contribution is -2.38. The minimum Gasteiger partial charge on any atom is -0.356 e. The van der Waals surface area contributed by atoms with Crippen LogP contribution in [0.15, 0.2) is 23.0 Å². The second kappa shape index (κ2) is 7.84. The van der Waals surface area contributed by atoms with Crippen LogP contribution >= 0.6 is 11.3 Å². The Morgan fingerprint density at radius 3 is 3.00 bits per heavy atom. The molecule has 1 rings (SSSR count). The first-order valence-electron chi connectivity index (χ1n) is 5.78. The monoisotopic (exact) mass is 252 g/mol. The molecule has 0 aliphatic heterocycles. The van der Waals surface area contributed by atoms with Crippen LogP contribution in [-0.4, -0.2) is 31.1 Å². The van der Waals surface area contributed by atoms with Crippen LogP contribution in [0.25, 0.3) is 0 Å². The van der Waals surface area contributed by atoms with Crippen LogP contribution in [-0.2, 0) is 12.8 Å². The van der Waals surface area contributed by atoms with E-state index in [1.807, 2.05) is 0 Å². The summed E-state index contributed by atoms with van der Waals surface area (Å²) in [6.07, 6.45) is 3.74. The van der Waals surface area contributed by atoms with Gasteiger partial charge in [-0.05, 0) is 6.42 Å². The van der Waals surface area contributed by atoms with Crippen LogP contribution in [0, 0.1) is 0 Å². The molecular formula is C12H20N4S. The maximum atomic E-state index is 4.52. The molecule has 0 saturated carbocycles. The highest BCUT2D eigenvalue weighted by Crippen LogP contribution is 2.09. The highest BCUT2D eigenvalue weighted by atomic mass is 32.1. The number of rotatable bonds is 6. The van der Waals surface area contributed by atoms with Gasteiger partial charge in [0, 0.05) is 31.9 Å². The van der Waals surface area contributed by atoms with Gasteiger partial charge in [-0.25, -0.2) is 4.98 Å². The van der Waals surface area contributed by atoms with Gasteiger partial charge in [0.1, 0.15) is 0 Å². The van der Waals surface area contributed by atoms with E-state index in [0.717, 1.165) is 37.6 Å². The Morgan fingerprint density at radius 2 is 2.41 bits per heavy atom. The maximum absolute atomic E-state index is 4.52. The SMILES string of the molecule is C=CCNC(=NC)NCCc1csc(CC)n1. The van der Waals surface area contributed by atoms with Gasteiger partial charge in [0.05, 0.1) is 10.7 Å². The highest BCUT2D eigenvalue weighted by Gasteiger charge is 2.00. The van der Waals surface area contributed by atoms with E-state index in [1.165, 1.54) is 5.01 Å². The largest absolute Gasteiger partial charge is 0.356 e. The molecule has 1 heterocycles. The number of nitrogens with one attached hydrogen (secondary N) is 2. The Labute approximate surface area is 107 Å². The lowest BCUT2D eigenvalue weighted by atomic mass is 10.3. The van der Waals surface area contributed by atoms with E-state index in [9.17, 15) is 0 Å². The quantitative estimate of drug-likeness (QED) is 0.459. The number of guanidine groups is 1. The van der Waals surface area contributed by atoms with Gasteiger partial charge in [-0.3, -0.25) is 4.99 Å². The van der Waals surface area contributed by atoms with Crippen LogP contribution in [0.5, 0.6) is 0 Å². The third kappa shape index (κ3) is 4.99. The summed E-state index contributed by atoms with van der Waals surface area (Å²) in [7, 11) is 1.76. The zero-order valence-electron chi connectivity index (χ0n) is 10.5. The fourth-order valence-corrected chi connectivity index (χ4v) is 2.10. The molecule has 5 heteroatoms. The van der Waals surface area contributed by atoms with E-state index in [1.54, 1.807) is 24.5 Å². The number of nitrogens with zero attached hydrogens (tertiary/aromatic N) is 2. The van der Waals surface area contributed by atoms with Gasteiger partial charge in [0.25, 0.3) is 0 Å². The zero-order chi connectivity index (χ0) is 12.5. The van der Waals surface area contributed by atoms with Gasteiger partial charge in [-0.2, -0.15) is 0 Å². The molecule has 0 aromatic carbocycles. The fraction of sp³-hybridized carbons (Fsp3) is 0.500. The summed E-state index contributed by atoms with van der Waals surface area (Å²) in [5.74, 6) is 0.802. The molecule has 4 nitrogen and oxygen atoms in total. The third-order valence-electron chi connectivity index (χ3n) is 2.21. The standard InChI is InChI=1S/C12H20N4S/c1-4-7-14-12(13-3)15-8-6-10-9-17-11(5-2)16-10/h4,9H,1,5-8H2,2-3H3,(H2,13,14,15). The van der Waals surface area contributed by atoms with Crippen LogP contribution in [0.4, 0.5) is 0 Å². The summed E-state index contributed by atoms with van der Waals surface area (Å²) < 4.78 is 0. The molecule has 2 N–H and O–H groups in total. The summed E-state index contributed by atoms with van der Waals surface area (Å²) in [4.78, 5) is 8.62. The smallest absolute Gasteiger partial charge is 0.191 e. The van der Waals surface area contributed by atoms with Crippen molar-refractivity contribution in [3.63, 3.8) is 0 Å². The van der Waals surface area contributed by atoms with E-state index in [4.69, 9.17) is 0 Å². The molecule has 0 bridgehead atoms. The van der Waals surface area contributed by atoms with Crippen LogP contribution < -0.4 is 10.6 Å². The predicted molar refractivity (Wildman–Crippen MR) is 74.8 cm³/mol. The second-order valence-electron chi connectivity index (χ2n) is 3.50. The predicted octanol–water partition coefficient (Wildman–Crippen LogP) is 1.60. The average Bonchev–Trinajstić information content (AvgIpc) is 2.81. The molecule has 17 heavy (non-hydrogen) atoms. The highest BCUT2D eigenvalue weighted by molar-refractivity contribution is 7.09. The van der Waals surface area contributed by atoms with E-state index in [2.05, 4.69) is 39.5 Å². The maximum Gasteiger partial charge on any atom is 0.191 e. The van der Waals surface area contributed by atoms with Crippen molar-refractivity contribution < 1.29 is 0 Å². The molecule has 0 fully saturated rings. The van der Waals surface area contributed by atoms with Crippen molar-refractivity contribution in [3.8, 4) is 0 Å². The molecule has 0 saturated heterocycles. The van der Waals surface area contributed by atoms with E-state index < -0.39 is 0 Å². The van der Waals surface area contributed by atoms with E-state index >= 15 is 0 Å². The van der Waals surface area contributed by atoms with Crippen LogP contribution in [0.1, 0.15) is 17.6 Å². The van der Waals surface area contributed by atoms with Gasteiger partial charge in [-0.15, -0.1) is 17.9 Å². The van der Waals surface area contributed by atoms with Crippen molar-refractivity contribution in [1.29, 1.82) is 0 Å². The Morgan fingerprint density at radius 1 is 1.59 bits per heavy atom. The summed E-state index contributed by atoms with van der Waals surface area (Å²) in [6.45, 7) is 7.34. The topological polar surface area (TPSA) is 49.3 Å². The molecule has 1 aromatic rings. The van der Waals surface area contributed by atoms with Crippen molar-refractivity contribution in [2.24, 2.45) is 4.99 Å². The Balaban J connectivity index is 2.28. The van der Waals surface area contributed by atoms with Gasteiger partial charge in [-0.1, -0.05) is 13.0 Å². The minimum absolute atomic E-state index is 0.719. The zero-order valence-corrected chi connectivity index (χ0v) is 11.3. The lowest BCUT2D eigenvalue weighted by Gasteiger charge is -2.09. The first-order chi connectivity index (χ1) is 8.30. The van der Waals surface area contributed by atoms with Crippen LogP contribution in [0.3, 0.4) is 0 Å². The van der Waals surface area contributed by atoms with E-state index in [0.29, 0.717) is 0 Å². The molecular weight excluding hydrogens is 232 g/mol. The van der Waals surface area contributed by atoms with Crippen molar-refractivity contribution in [2.75, 3.05) is 20.1 Å².